The lowest BCUT2D eigenvalue weighted by Crippen LogP contribution is -2.65. The second kappa shape index (κ2) is 16.2. The molecule has 10 heteroatoms. The predicted octanol–water partition coefficient (Wildman–Crippen LogP) is 8.37. The van der Waals surface area contributed by atoms with Gasteiger partial charge in [-0.05, 0) is 37.1 Å². The predicted molar refractivity (Wildman–Crippen MR) is 193 cm³/mol. The normalized spacial score (nSPS) is 19.7. The van der Waals surface area contributed by atoms with Crippen LogP contribution in [0.5, 0.6) is 5.75 Å². The van der Waals surface area contributed by atoms with Gasteiger partial charge in [0.05, 0.1) is 17.8 Å². The molecule has 1 saturated heterocycles. The number of carbonyl (C=O) groups is 3. The fourth-order valence-corrected chi connectivity index (χ4v) is 6.78. The number of carbonyl (C=O) groups excluding carboxylic acids is 3. The van der Waals surface area contributed by atoms with E-state index < -0.39 is 48.8 Å². The average molecular weight is 673 g/mol. The van der Waals surface area contributed by atoms with E-state index in [2.05, 4.69) is 38.1 Å². The third kappa shape index (κ3) is 8.79. The standard InChI is InChI=1S/C38H49N3O6Si/c1-8-11-17-33(40-37(43)45-20-9-2)36(42)41(38(44)46-21-22-48(5,6)7)26-30(23-27(41)4)47-35-25-34(29-15-13-12-14-16-29)39-32-19-18-28(10-3)24-31(32)35/h9-10,12-16,18-19,24-25,27,30,33H,2-3,8,11,17,20-23,26H2,1,4-7H3/p+1/t27?,30-,33?,41?/m1/s1. The summed E-state index contributed by atoms with van der Waals surface area (Å²) in [5.41, 5.74) is 3.37. The summed E-state index contributed by atoms with van der Waals surface area (Å²) in [7, 11) is -1.53. The molecule has 3 unspecified atom stereocenters. The number of hydrogen-bond acceptors (Lipinski definition) is 7. The van der Waals surface area contributed by atoms with Gasteiger partial charge in [-0.1, -0.05) is 101 Å². The molecule has 0 radical (unpaired) electrons. The van der Waals surface area contributed by atoms with Crippen molar-refractivity contribution >= 4 is 43.1 Å². The Labute approximate surface area is 285 Å². The number of ether oxygens (including phenoxy) is 3. The number of likely N-dealkylation sites (tertiary alicyclic amines) is 1. The number of nitrogens with zero attached hydrogens (tertiary/aromatic N) is 2. The van der Waals surface area contributed by atoms with Crippen molar-refractivity contribution in [2.75, 3.05) is 19.8 Å². The zero-order valence-electron chi connectivity index (χ0n) is 29.0. The lowest BCUT2D eigenvalue weighted by molar-refractivity contribution is -0.795. The van der Waals surface area contributed by atoms with Crippen molar-refractivity contribution < 1.29 is 33.1 Å². The highest BCUT2D eigenvalue weighted by atomic mass is 28.3. The van der Waals surface area contributed by atoms with E-state index in [1.54, 1.807) is 6.08 Å². The molecule has 0 bridgehead atoms. The zero-order chi connectivity index (χ0) is 34.9. The molecule has 1 aliphatic rings. The quantitative estimate of drug-likeness (QED) is 0.104. The number of quaternary nitrogens is 1. The van der Waals surface area contributed by atoms with Gasteiger partial charge in [0.2, 0.25) is 0 Å². The van der Waals surface area contributed by atoms with Gasteiger partial charge in [-0.3, -0.25) is 0 Å². The topological polar surface area (TPSA) is 104 Å². The molecule has 256 valence electrons. The molecule has 1 aromatic heterocycles. The molecule has 1 N–H and O–H groups in total. The molecule has 48 heavy (non-hydrogen) atoms. The molecule has 1 aliphatic heterocycles. The van der Waals surface area contributed by atoms with E-state index in [1.165, 1.54) is 6.08 Å². The monoisotopic (exact) mass is 672 g/mol. The molecule has 3 aromatic rings. The summed E-state index contributed by atoms with van der Waals surface area (Å²) in [6.45, 7) is 18.3. The molecule has 3 amide bonds. The highest BCUT2D eigenvalue weighted by molar-refractivity contribution is 6.76. The molecule has 1 fully saturated rings. The fourth-order valence-electron chi connectivity index (χ4n) is 6.07. The summed E-state index contributed by atoms with van der Waals surface area (Å²) in [4.78, 5) is 46.4. The lowest BCUT2D eigenvalue weighted by Gasteiger charge is -2.34. The number of fused-ring (bicyclic) bond motifs is 1. The number of hydrogen-bond donors (Lipinski definition) is 1. The number of pyridine rings is 1. The van der Waals surface area contributed by atoms with Crippen LogP contribution in [0.2, 0.25) is 25.7 Å². The van der Waals surface area contributed by atoms with E-state index in [4.69, 9.17) is 19.2 Å². The third-order valence-electron chi connectivity index (χ3n) is 8.81. The summed E-state index contributed by atoms with van der Waals surface area (Å²) >= 11 is 0. The summed E-state index contributed by atoms with van der Waals surface area (Å²) in [5, 5.41) is 3.54. The Balaban J connectivity index is 1.73. The highest BCUT2D eigenvalue weighted by Gasteiger charge is 2.60. The minimum Gasteiger partial charge on any atom is -0.483 e. The van der Waals surface area contributed by atoms with E-state index in [0.29, 0.717) is 25.0 Å². The number of aromatic nitrogens is 1. The van der Waals surface area contributed by atoms with E-state index in [0.717, 1.165) is 40.2 Å². The molecule has 2 heterocycles. The van der Waals surface area contributed by atoms with E-state index in [1.807, 2.05) is 68.4 Å². The Bertz CT molecular complexity index is 1620. The summed E-state index contributed by atoms with van der Waals surface area (Å²) in [6, 6.07) is 17.0. The molecular formula is C38H50N3O6Si+. The van der Waals surface area contributed by atoms with Crippen molar-refractivity contribution in [3.8, 4) is 17.0 Å². The van der Waals surface area contributed by atoms with Gasteiger partial charge < -0.3 is 19.5 Å². The first-order valence-corrected chi connectivity index (χ1v) is 20.6. The molecule has 9 nitrogen and oxygen atoms in total. The van der Waals surface area contributed by atoms with Gasteiger partial charge in [0.25, 0.3) is 0 Å². The minimum atomic E-state index is -1.53. The second-order valence-electron chi connectivity index (χ2n) is 13.7. The molecule has 2 aromatic carbocycles. The number of imide groups is 1. The van der Waals surface area contributed by atoms with Gasteiger partial charge >= 0.3 is 18.1 Å². The molecule has 0 saturated carbocycles. The number of alkyl carbamates (subject to hydrolysis) is 1. The number of benzene rings is 2. The molecule has 0 spiro atoms. The molecular weight excluding hydrogens is 623 g/mol. The van der Waals surface area contributed by atoms with Crippen LogP contribution in [0.4, 0.5) is 9.59 Å². The van der Waals surface area contributed by atoms with E-state index in [9.17, 15) is 14.4 Å². The smallest absolute Gasteiger partial charge is 0.483 e. The van der Waals surface area contributed by atoms with Crippen molar-refractivity contribution in [2.24, 2.45) is 0 Å². The first-order valence-electron chi connectivity index (χ1n) is 16.8. The van der Waals surface area contributed by atoms with E-state index in [-0.39, 0.29) is 19.8 Å². The average Bonchev–Trinajstić information content (AvgIpc) is 3.40. The van der Waals surface area contributed by atoms with Gasteiger partial charge in [-0.25, -0.2) is 14.6 Å². The van der Waals surface area contributed by atoms with Crippen molar-refractivity contribution in [1.29, 1.82) is 0 Å². The summed E-state index contributed by atoms with van der Waals surface area (Å²) < 4.78 is 17.3. The molecule has 4 rings (SSSR count). The van der Waals surface area contributed by atoms with Crippen LogP contribution in [0.1, 0.15) is 45.1 Å². The van der Waals surface area contributed by atoms with E-state index >= 15 is 0 Å². The summed E-state index contributed by atoms with van der Waals surface area (Å²) in [6.07, 6.45) is 3.64. The van der Waals surface area contributed by atoms with Gasteiger partial charge in [0.15, 0.2) is 6.10 Å². The Morgan fingerprint density at radius 2 is 1.83 bits per heavy atom. The number of amides is 3. The van der Waals surface area contributed by atoms with Gasteiger partial charge in [-0.2, -0.15) is 9.28 Å². The Morgan fingerprint density at radius 1 is 1.08 bits per heavy atom. The maximum Gasteiger partial charge on any atom is 0.524 e. The maximum atomic E-state index is 14.6. The second-order valence-corrected chi connectivity index (χ2v) is 19.3. The highest BCUT2D eigenvalue weighted by Crippen LogP contribution is 2.37. The van der Waals surface area contributed by atoms with Crippen molar-refractivity contribution in [3.63, 3.8) is 0 Å². The van der Waals surface area contributed by atoms with Gasteiger partial charge in [0.1, 0.15) is 31.0 Å². The van der Waals surface area contributed by atoms with Crippen LogP contribution in [0, 0.1) is 0 Å². The third-order valence-corrected chi connectivity index (χ3v) is 10.5. The van der Waals surface area contributed by atoms with Gasteiger partial charge in [0, 0.05) is 31.5 Å². The van der Waals surface area contributed by atoms with Crippen molar-refractivity contribution in [1.82, 2.24) is 10.3 Å². The van der Waals surface area contributed by atoms with Crippen LogP contribution < -0.4 is 10.1 Å². The SMILES string of the molecule is C=CCOC(=O)NC(CCCC)C(=O)[N+]1(C(=O)OCC[Si](C)(C)C)C[C@H](Oc2cc(-c3ccccc3)nc3ccc(C=C)cc23)CC1C. The van der Waals surface area contributed by atoms with Gasteiger partial charge in [-0.15, -0.1) is 0 Å². The van der Waals surface area contributed by atoms with Crippen LogP contribution >= 0.6 is 0 Å². The van der Waals surface area contributed by atoms with Crippen molar-refractivity contribution in [3.05, 3.63) is 79.4 Å². The number of nitrogens with one attached hydrogen (secondary N) is 1. The zero-order valence-corrected chi connectivity index (χ0v) is 30.0. The summed E-state index contributed by atoms with van der Waals surface area (Å²) in [5.74, 6) is 0.182. The van der Waals surface area contributed by atoms with Crippen LogP contribution in [0.25, 0.3) is 28.2 Å². The Morgan fingerprint density at radius 3 is 2.50 bits per heavy atom. The van der Waals surface area contributed by atoms with Crippen LogP contribution in [-0.2, 0) is 14.3 Å². The Hall–Kier alpha value is -4.28. The maximum absolute atomic E-state index is 14.6. The van der Waals surface area contributed by atoms with Crippen LogP contribution in [-0.4, -0.2) is 73.6 Å². The van der Waals surface area contributed by atoms with Crippen molar-refractivity contribution in [2.45, 2.75) is 83.4 Å². The largest absolute Gasteiger partial charge is 0.524 e. The molecule has 4 atom stereocenters. The van der Waals surface area contributed by atoms with Crippen LogP contribution in [0.3, 0.4) is 0 Å². The Kier molecular flexibility index (Phi) is 12.3. The van der Waals surface area contributed by atoms with Crippen LogP contribution in [0.15, 0.2) is 73.8 Å². The molecule has 0 aliphatic carbocycles. The first-order chi connectivity index (χ1) is 22.9. The number of unbranched alkanes of at least 4 members (excludes halogenated alkanes) is 1. The fraction of sp³-hybridized carbons (Fsp3) is 0.421. The lowest BCUT2D eigenvalue weighted by atomic mass is 10.1. The first kappa shape index (κ1) is 36.6. The minimum absolute atomic E-state index is 0.00397. The number of rotatable bonds is 14.